The van der Waals surface area contributed by atoms with Crippen molar-refractivity contribution in [3.8, 4) is 0 Å². The van der Waals surface area contributed by atoms with Crippen molar-refractivity contribution in [3.63, 3.8) is 0 Å². The average molecular weight is 330 g/mol. The first-order valence-corrected chi connectivity index (χ1v) is 8.92. The number of aromatic nitrogens is 1. The number of thiazole rings is 1. The van der Waals surface area contributed by atoms with Gasteiger partial charge in [0.25, 0.3) is 0 Å². The van der Waals surface area contributed by atoms with Crippen LogP contribution in [0.15, 0.2) is 29.6 Å². The van der Waals surface area contributed by atoms with E-state index in [9.17, 15) is 4.79 Å². The molecule has 0 aliphatic rings. The molecule has 3 nitrogen and oxygen atoms in total. The van der Waals surface area contributed by atoms with Crippen molar-refractivity contribution in [2.24, 2.45) is 0 Å². The molecule has 1 unspecified atom stereocenters. The van der Waals surface area contributed by atoms with Gasteiger partial charge in [0.2, 0.25) is 5.91 Å². The van der Waals surface area contributed by atoms with Crippen molar-refractivity contribution in [2.75, 3.05) is 0 Å². The molecule has 0 saturated carbocycles. The van der Waals surface area contributed by atoms with Crippen LogP contribution in [-0.2, 0) is 16.8 Å². The third-order valence-corrected chi connectivity index (χ3v) is 5.19. The molecule has 0 bridgehead atoms. The molecule has 1 atom stereocenters. The third kappa shape index (κ3) is 4.90. The molecule has 1 aromatic carbocycles. The van der Waals surface area contributed by atoms with Crippen molar-refractivity contribution in [1.82, 2.24) is 10.3 Å². The number of aryl methyl sites for hydroxylation is 1. The zero-order valence-corrected chi connectivity index (χ0v) is 15.5. The van der Waals surface area contributed by atoms with Gasteiger partial charge >= 0.3 is 0 Å². The molecule has 1 aromatic heterocycles. The van der Waals surface area contributed by atoms with Gasteiger partial charge in [-0.25, -0.2) is 4.98 Å². The van der Waals surface area contributed by atoms with E-state index in [0.29, 0.717) is 13.0 Å². The fraction of sp³-hybridized carbons (Fsp3) is 0.474. The Morgan fingerprint density at radius 3 is 2.61 bits per heavy atom. The number of carbonyl (C=O) groups is 1. The highest BCUT2D eigenvalue weighted by Crippen LogP contribution is 2.25. The maximum atomic E-state index is 12.2. The molecule has 0 spiro atoms. The number of rotatable bonds is 5. The monoisotopic (exact) mass is 330 g/mol. The van der Waals surface area contributed by atoms with Crippen LogP contribution in [0, 0.1) is 6.92 Å². The molecule has 1 heterocycles. The van der Waals surface area contributed by atoms with E-state index in [1.165, 1.54) is 11.1 Å². The first-order valence-electron chi connectivity index (χ1n) is 8.04. The Morgan fingerprint density at radius 2 is 2.00 bits per heavy atom. The summed E-state index contributed by atoms with van der Waals surface area (Å²) in [5.41, 5.74) is 3.48. The number of nitrogens with zero attached hydrogens (tertiary/aromatic N) is 1. The molecular formula is C19H26N2OS. The molecule has 1 amide bonds. The van der Waals surface area contributed by atoms with E-state index in [0.717, 1.165) is 10.7 Å². The van der Waals surface area contributed by atoms with Crippen LogP contribution in [0.5, 0.6) is 0 Å². The molecule has 2 aromatic rings. The summed E-state index contributed by atoms with van der Waals surface area (Å²) < 4.78 is 0. The summed E-state index contributed by atoms with van der Waals surface area (Å²) in [5.74, 6) is 0.294. The van der Waals surface area contributed by atoms with Gasteiger partial charge in [-0.1, -0.05) is 52.0 Å². The molecular weight excluding hydrogens is 304 g/mol. The Labute approximate surface area is 143 Å². The van der Waals surface area contributed by atoms with Crippen LogP contribution in [0.2, 0.25) is 0 Å². The van der Waals surface area contributed by atoms with Crippen LogP contribution in [0.3, 0.4) is 0 Å². The quantitative estimate of drug-likeness (QED) is 0.873. The Hall–Kier alpha value is -1.68. The largest absolute Gasteiger partial charge is 0.350 e. The Balaban J connectivity index is 1.88. The molecule has 23 heavy (non-hydrogen) atoms. The SMILES string of the molecule is Cc1ccccc1C(C)CC(=O)NCc1csc(C(C)(C)C)n1. The number of nitrogens with one attached hydrogen (secondary N) is 1. The number of hydrogen-bond donors (Lipinski definition) is 1. The Bertz CT molecular complexity index is 670. The number of benzene rings is 1. The van der Waals surface area contributed by atoms with Gasteiger partial charge in [-0.15, -0.1) is 11.3 Å². The predicted octanol–water partition coefficient (Wildman–Crippen LogP) is 4.56. The van der Waals surface area contributed by atoms with E-state index < -0.39 is 0 Å². The standard InChI is InChI=1S/C19H26N2OS/c1-13-8-6-7-9-16(13)14(2)10-17(22)20-11-15-12-23-18(21-15)19(3,4)5/h6-9,12,14H,10-11H2,1-5H3,(H,20,22). The van der Waals surface area contributed by atoms with Crippen molar-refractivity contribution in [2.45, 2.75) is 58.9 Å². The number of carbonyl (C=O) groups excluding carboxylic acids is 1. The average Bonchev–Trinajstić information content (AvgIpc) is 2.94. The lowest BCUT2D eigenvalue weighted by atomic mass is 9.93. The Kier molecular flexibility index (Phi) is 5.58. The topological polar surface area (TPSA) is 42.0 Å². The molecule has 0 aliphatic carbocycles. The lowest BCUT2D eigenvalue weighted by Gasteiger charge is -2.14. The van der Waals surface area contributed by atoms with Crippen LogP contribution in [-0.4, -0.2) is 10.9 Å². The van der Waals surface area contributed by atoms with E-state index >= 15 is 0 Å². The minimum absolute atomic E-state index is 0.0618. The van der Waals surface area contributed by atoms with E-state index in [-0.39, 0.29) is 17.2 Å². The normalized spacial score (nSPS) is 12.9. The highest BCUT2D eigenvalue weighted by atomic mass is 32.1. The van der Waals surface area contributed by atoms with E-state index in [1.807, 2.05) is 17.5 Å². The third-order valence-electron chi connectivity index (χ3n) is 3.87. The second-order valence-corrected chi connectivity index (χ2v) is 7.99. The van der Waals surface area contributed by atoms with Crippen molar-refractivity contribution in [1.29, 1.82) is 0 Å². The fourth-order valence-electron chi connectivity index (χ4n) is 2.52. The van der Waals surface area contributed by atoms with Gasteiger partial charge in [0, 0.05) is 17.2 Å². The molecule has 0 aliphatic heterocycles. The fourth-order valence-corrected chi connectivity index (χ4v) is 3.43. The molecule has 124 valence electrons. The summed E-state index contributed by atoms with van der Waals surface area (Å²) in [5, 5.41) is 6.13. The van der Waals surface area contributed by atoms with Gasteiger partial charge in [-0.3, -0.25) is 4.79 Å². The summed E-state index contributed by atoms with van der Waals surface area (Å²) >= 11 is 1.66. The molecule has 4 heteroatoms. The van der Waals surface area contributed by atoms with Gasteiger partial charge in [-0.05, 0) is 24.0 Å². The molecule has 0 radical (unpaired) electrons. The summed E-state index contributed by atoms with van der Waals surface area (Å²) in [6.45, 7) is 11.1. The number of amides is 1. The van der Waals surface area contributed by atoms with E-state index in [1.54, 1.807) is 11.3 Å². The highest BCUT2D eigenvalue weighted by Gasteiger charge is 2.18. The maximum Gasteiger partial charge on any atom is 0.220 e. The lowest BCUT2D eigenvalue weighted by molar-refractivity contribution is -0.121. The summed E-state index contributed by atoms with van der Waals surface area (Å²) in [7, 11) is 0. The molecule has 1 N–H and O–H groups in total. The van der Waals surface area contributed by atoms with E-state index in [2.05, 4.69) is 57.1 Å². The maximum absolute atomic E-state index is 12.2. The zero-order valence-electron chi connectivity index (χ0n) is 14.6. The smallest absolute Gasteiger partial charge is 0.220 e. The second kappa shape index (κ2) is 7.26. The summed E-state index contributed by atoms with van der Waals surface area (Å²) in [6.07, 6.45) is 0.501. The van der Waals surface area contributed by atoms with Gasteiger partial charge in [0.1, 0.15) is 0 Å². The van der Waals surface area contributed by atoms with E-state index in [4.69, 9.17) is 0 Å². The van der Waals surface area contributed by atoms with Crippen LogP contribution in [0.25, 0.3) is 0 Å². The Morgan fingerprint density at radius 1 is 1.30 bits per heavy atom. The minimum Gasteiger partial charge on any atom is -0.350 e. The first kappa shape index (κ1) is 17.7. The molecule has 2 rings (SSSR count). The minimum atomic E-state index is 0.0618. The van der Waals surface area contributed by atoms with Crippen LogP contribution in [0.4, 0.5) is 0 Å². The predicted molar refractivity (Wildman–Crippen MR) is 96.9 cm³/mol. The first-order chi connectivity index (χ1) is 10.8. The summed E-state index contributed by atoms with van der Waals surface area (Å²) in [6, 6.07) is 8.25. The van der Waals surface area contributed by atoms with Crippen LogP contribution < -0.4 is 5.32 Å². The summed E-state index contributed by atoms with van der Waals surface area (Å²) in [4.78, 5) is 16.8. The van der Waals surface area contributed by atoms with Crippen molar-refractivity contribution < 1.29 is 4.79 Å². The zero-order chi connectivity index (χ0) is 17.0. The lowest BCUT2D eigenvalue weighted by Crippen LogP contribution is -2.24. The van der Waals surface area contributed by atoms with Gasteiger partial charge in [0.15, 0.2) is 0 Å². The second-order valence-electron chi connectivity index (χ2n) is 7.13. The van der Waals surface area contributed by atoms with Gasteiger partial charge < -0.3 is 5.32 Å². The van der Waals surface area contributed by atoms with Crippen LogP contribution >= 0.6 is 11.3 Å². The van der Waals surface area contributed by atoms with Gasteiger partial charge in [-0.2, -0.15) is 0 Å². The van der Waals surface area contributed by atoms with Crippen molar-refractivity contribution >= 4 is 17.2 Å². The molecule has 0 saturated heterocycles. The van der Waals surface area contributed by atoms with Gasteiger partial charge in [0.05, 0.1) is 17.2 Å². The number of hydrogen-bond acceptors (Lipinski definition) is 3. The van der Waals surface area contributed by atoms with Crippen LogP contribution in [0.1, 0.15) is 61.9 Å². The molecule has 0 fully saturated rings. The highest BCUT2D eigenvalue weighted by molar-refractivity contribution is 7.09. The van der Waals surface area contributed by atoms with Crippen molar-refractivity contribution in [3.05, 3.63) is 51.5 Å².